The zero-order valence-corrected chi connectivity index (χ0v) is 18.1. The molecule has 0 bridgehead atoms. The van der Waals surface area contributed by atoms with Crippen molar-refractivity contribution in [1.82, 2.24) is 4.57 Å². The Morgan fingerprint density at radius 2 is 2.03 bits per heavy atom. The molecule has 3 rings (SSSR count). The fraction of sp³-hybridized carbons (Fsp3) is 0.261. The van der Waals surface area contributed by atoms with E-state index in [4.69, 9.17) is 9.47 Å². The number of benzene rings is 2. The summed E-state index contributed by atoms with van der Waals surface area (Å²) in [4.78, 5) is 29.7. The first-order valence-corrected chi connectivity index (χ1v) is 10.4. The number of allylic oxidation sites excluding steroid dienone is 1. The monoisotopic (exact) mass is 424 g/mol. The van der Waals surface area contributed by atoms with Crippen LogP contribution in [-0.2, 0) is 22.5 Å². The van der Waals surface area contributed by atoms with Gasteiger partial charge in [-0.3, -0.25) is 4.79 Å². The Labute approximate surface area is 179 Å². The van der Waals surface area contributed by atoms with Crippen LogP contribution < -0.4 is 9.54 Å². The van der Waals surface area contributed by atoms with Gasteiger partial charge in [-0.05, 0) is 38.1 Å². The Kier molecular flexibility index (Phi) is 6.84. The average Bonchev–Trinajstić information content (AvgIpc) is 3.05. The number of aromatic nitrogens is 1. The topological polar surface area (TPSA) is 69.9 Å². The Morgan fingerprint density at radius 3 is 2.73 bits per heavy atom. The van der Waals surface area contributed by atoms with Crippen molar-refractivity contribution in [2.75, 3.05) is 13.7 Å². The number of hydrogen-bond acceptors (Lipinski definition) is 5. The molecule has 0 spiro atoms. The van der Waals surface area contributed by atoms with Gasteiger partial charge in [0.15, 0.2) is 4.80 Å². The van der Waals surface area contributed by atoms with Crippen molar-refractivity contribution in [2.45, 2.75) is 26.8 Å². The number of ether oxygens (including phenoxy) is 2. The van der Waals surface area contributed by atoms with Crippen LogP contribution in [0.1, 0.15) is 28.4 Å². The SMILES string of the molecule is C=CCn1c(=NC(=O)Cc2cc(C)ccc2OC)sc2cc(C(=O)OCC)ccc21. The maximum atomic E-state index is 12.7. The van der Waals surface area contributed by atoms with Crippen LogP contribution >= 0.6 is 11.3 Å². The molecule has 30 heavy (non-hydrogen) atoms. The zero-order chi connectivity index (χ0) is 21.7. The third-order valence-electron chi connectivity index (χ3n) is 4.50. The normalized spacial score (nSPS) is 11.5. The molecule has 0 radical (unpaired) electrons. The van der Waals surface area contributed by atoms with Crippen molar-refractivity contribution in [2.24, 2.45) is 4.99 Å². The number of nitrogens with zero attached hydrogens (tertiary/aromatic N) is 2. The Hall–Kier alpha value is -3.19. The van der Waals surface area contributed by atoms with E-state index in [1.807, 2.05) is 35.8 Å². The lowest BCUT2D eigenvalue weighted by Gasteiger charge is -2.07. The molecule has 7 heteroatoms. The molecule has 0 aliphatic heterocycles. The summed E-state index contributed by atoms with van der Waals surface area (Å²) in [7, 11) is 1.58. The highest BCUT2D eigenvalue weighted by atomic mass is 32.1. The van der Waals surface area contributed by atoms with Crippen LogP contribution in [0, 0.1) is 6.92 Å². The molecular formula is C23H24N2O4S. The minimum Gasteiger partial charge on any atom is -0.496 e. The molecule has 0 saturated heterocycles. The van der Waals surface area contributed by atoms with Crippen LogP contribution in [0.2, 0.25) is 0 Å². The van der Waals surface area contributed by atoms with E-state index in [-0.39, 0.29) is 18.3 Å². The fourth-order valence-corrected chi connectivity index (χ4v) is 4.26. The Morgan fingerprint density at radius 1 is 1.23 bits per heavy atom. The summed E-state index contributed by atoms with van der Waals surface area (Å²) in [6.45, 7) is 8.35. The van der Waals surface area contributed by atoms with Crippen LogP contribution in [0.15, 0.2) is 54.0 Å². The van der Waals surface area contributed by atoms with E-state index in [1.165, 1.54) is 11.3 Å². The third-order valence-corrected chi connectivity index (χ3v) is 5.54. The predicted molar refractivity (Wildman–Crippen MR) is 118 cm³/mol. The largest absolute Gasteiger partial charge is 0.496 e. The maximum absolute atomic E-state index is 12.7. The molecule has 0 aliphatic rings. The zero-order valence-electron chi connectivity index (χ0n) is 17.3. The van der Waals surface area contributed by atoms with Gasteiger partial charge in [0.25, 0.3) is 5.91 Å². The second kappa shape index (κ2) is 9.54. The number of esters is 1. The number of thiazole rings is 1. The molecule has 3 aromatic rings. The number of rotatable bonds is 7. The molecule has 1 amide bonds. The molecule has 0 fully saturated rings. The molecule has 1 heterocycles. The minimum atomic E-state index is -0.371. The predicted octanol–water partition coefficient (Wildman–Crippen LogP) is 4.05. The molecule has 2 aromatic carbocycles. The molecule has 0 saturated carbocycles. The summed E-state index contributed by atoms with van der Waals surface area (Å²) in [5, 5.41) is 0. The molecule has 0 aliphatic carbocycles. The molecule has 0 N–H and O–H groups in total. The minimum absolute atomic E-state index is 0.140. The molecule has 0 unspecified atom stereocenters. The van der Waals surface area contributed by atoms with E-state index >= 15 is 0 Å². The third kappa shape index (κ3) is 4.68. The molecule has 6 nitrogen and oxygen atoms in total. The van der Waals surface area contributed by atoms with Gasteiger partial charge < -0.3 is 14.0 Å². The number of amides is 1. The average molecular weight is 425 g/mol. The maximum Gasteiger partial charge on any atom is 0.338 e. The molecule has 1 aromatic heterocycles. The second-order valence-electron chi connectivity index (χ2n) is 6.68. The van der Waals surface area contributed by atoms with Crippen molar-refractivity contribution < 1.29 is 19.1 Å². The lowest BCUT2D eigenvalue weighted by atomic mass is 10.1. The van der Waals surface area contributed by atoms with Crippen molar-refractivity contribution in [3.05, 3.63) is 70.5 Å². The summed E-state index contributed by atoms with van der Waals surface area (Å²) >= 11 is 1.35. The number of carbonyl (C=O) groups excluding carboxylic acids is 2. The smallest absolute Gasteiger partial charge is 0.338 e. The number of fused-ring (bicyclic) bond motifs is 1. The van der Waals surface area contributed by atoms with Crippen LogP contribution in [-0.4, -0.2) is 30.2 Å². The van der Waals surface area contributed by atoms with Gasteiger partial charge in [-0.2, -0.15) is 4.99 Å². The molecule has 156 valence electrons. The van der Waals surface area contributed by atoms with E-state index in [0.717, 1.165) is 21.3 Å². The lowest BCUT2D eigenvalue weighted by molar-refractivity contribution is -0.117. The van der Waals surface area contributed by atoms with E-state index in [1.54, 1.807) is 32.2 Å². The highest BCUT2D eigenvalue weighted by molar-refractivity contribution is 7.16. The van der Waals surface area contributed by atoms with Crippen LogP contribution in [0.4, 0.5) is 0 Å². The molecular weight excluding hydrogens is 400 g/mol. The summed E-state index contributed by atoms with van der Waals surface area (Å²) in [6, 6.07) is 11.1. The first kappa shape index (κ1) is 21.5. The van der Waals surface area contributed by atoms with Crippen molar-refractivity contribution in [3.8, 4) is 5.75 Å². The van der Waals surface area contributed by atoms with Crippen molar-refractivity contribution >= 4 is 33.4 Å². The number of carbonyl (C=O) groups is 2. The van der Waals surface area contributed by atoms with E-state index in [0.29, 0.717) is 29.3 Å². The second-order valence-corrected chi connectivity index (χ2v) is 7.69. The van der Waals surface area contributed by atoms with Gasteiger partial charge in [0.1, 0.15) is 5.75 Å². The van der Waals surface area contributed by atoms with E-state index in [2.05, 4.69) is 11.6 Å². The Balaban J connectivity index is 2.01. The first-order valence-electron chi connectivity index (χ1n) is 9.59. The summed E-state index contributed by atoms with van der Waals surface area (Å²) in [5.74, 6) is 0.0246. The van der Waals surface area contributed by atoms with Crippen LogP contribution in [0.3, 0.4) is 0 Å². The quantitative estimate of drug-likeness (QED) is 0.424. The van der Waals surface area contributed by atoms with Gasteiger partial charge in [0, 0.05) is 12.1 Å². The van der Waals surface area contributed by atoms with Gasteiger partial charge in [0.2, 0.25) is 0 Å². The van der Waals surface area contributed by atoms with Crippen molar-refractivity contribution in [3.63, 3.8) is 0 Å². The summed E-state index contributed by atoms with van der Waals surface area (Å²) in [5.41, 5.74) is 3.20. The highest BCUT2D eigenvalue weighted by Crippen LogP contribution is 2.22. The van der Waals surface area contributed by atoms with Gasteiger partial charge >= 0.3 is 5.97 Å². The van der Waals surface area contributed by atoms with Gasteiger partial charge in [-0.25, -0.2) is 4.79 Å². The van der Waals surface area contributed by atoms with Gasteiger partial charge in [-0.1, -0.05) is 35.1 Å². The van der Waals surface area contributed by atoms with Crippen molar-refractivity contribution in [1.29, 1.82) is 0 Å². The summed E-state index contributed by atoms with van der Waals surface area (Å²) < 4.78 is 13.2. The first-order chi connectivity index (χ1) is 14.5. The molecule has 0 atom stereocenters. The van der Waals surface area contributed by atoms with E-state index in [9.17, 15) is 9.59 Å². The van der Waals surface area contributed by atoms with E-state index < -0.39 is 0 Å². The Bertz CT molecular complexity index is 1170. The number of aryl methyl sites for hydroxylation is 1. The van der Waals surface area contributed by atoms with Gasteiger partial charge in [0.05, 0.1) is 35.9 Å². The summed E-state index contributed by atoms with van der Waals surface area (Å²) in [6.07, 6.45) is 1.89. The van der Waals surface area contributed by atoms with Crippen LogP contribution in [0.5, 0.6) is 5.75 Å². The standard InChI is InChI=1S/C23H24N2O4S/c1-5-11-25-18-9-8-16(22(27)29-6-2)13-20(18)30-23(25)24-21(26)14-17-12-15(3)7-10-19(17)28-4/h5,7-10,12-13H,1,6,11,14H2,2-4H3. The van der Waals surface area contributed by atoms with Crippen LogP contribution in [0.25, 0.3) is 10.2 Å². The van der Waals surface area contributed by atoms with Gasteiger partial charge in [-0.15, -0.1) is 6.58 Å². The fourth-order valence-electron chi connectivity index (χ4n) is 3.16. The number of hydrogen-bond donors (Lipinski definition) is 0. The highest BCUT2D eigenvalue weighted by Gasteiger charge is 2.13. The lowest BCUT2D eigenvalue weighted by Crippen LogP contribution is -2.17. The number of methoxy groups -OCH3 is 1.